The van der Waals surface area contributed by atoms with Gasteiger partial charge >= 0.3 is 5.97 Å². The highest BCUT2D eigenvalue weighted by molar-refractivity contribution is 6.52. The van der Waals surface area contributed by atoms with Gasteiger partial charge in [-0.15, -0.1) is 0 Å². The molecule has 0 saturated carbocycles. The van der Waals surface area contributed by atoms with Crippen LogP contribution in [-0.2, 0) is 9.59 Å². The molecule has 1 amide bonds. The van der Waals surface area contributed by atoms with Gasteiger partial charge in [-0.2, -0.15) is 0 Å². The minimum Gasteiger partial charge on any atom is -0.478 e. The normalized spacial score (nSPS) is 14.4. The number of hydrogen-bond acceptors (Lipinski definition) is 3. The number of hydrogen-bond donors (Lipinski definition) is 1. The Kier molecular flexibility index (Phi) is 2.97. The molecule has 5 heteroatoms. The van der Waals surface area contributed by atoms with Gasteiger partial charge in [0.1, 0.15) is 0 Å². The first kappa shape index (κ1) is 12.0. The van der Waals surface area contributed by atoms with Gasteiger partial charge in [0.15, 0.2) is 0 Å². The summed E-state index contributed by atoms with van der Waals surface area (Å²) in [5.41, 5.74) is 1.77. The quantitative estimate of drug-likeness (QED) is 0.640. The van der Waals surface area contributed by atoms with Crippen LogP contribution in [0.3, 0.4) is 0 Å². The number of benzene rings is 1. The van der Waals surface area contributed by atoms with Gasteiger partial charge in [0.25, 0.3) is 11.7 Å². The Bertz CT molecular complexity index is 574. The molecule has 1 aliphatic rings. The van der Waals surface area contributed by atoms with Gasteiger partial charge in [0.05, 0.1) is 11.3 Å². The van der Waals surface area contributed by atoms with Crippen LogP contribution >= 0.6 is 0 Å². The lowest BCUT2D eigenvalue weighted by molar-refractivity contribution is -0.131. The minimum absolute atomic E-state index is 0.0781. The molecule has 1 aromatic carbocycles. The highest BCUT2D eigenvalue weighted by atomic mass is 16.4. The summed E-state index contributed by atoms with van der Waals surface area (Å²) < 4.78 is 0. The summed E-state index contributed by atoms with van der Waals surface area (Å²) in [5, 5.41) is 8.50. The molecule has 2 rings (SSSR count). The molecule has 0 spiro atoms. The summed E-state index contributed by atoms with van der Waals surface area (Å²) in [7, 11) is 0. The Morgan fingerprint density at radius 1 is 1.39 bits per heavy atom. The number of aliphatic carboxylic acids is 1. The molecule has 1 aromatic rings. The molecule has 0 aromatic heterocycles. The summed E-state index contributed by atoms with van der Waals surface area (Å²) in [6.07, 6.45) is 2.29. The van der Waals surface area contributed by atoms with Crippen LogP contribution in [0.5, 0.6) is 0 Å². The number of fused-ring (bicyclic) bond motifs is 1. The summed E-state index contributed by atoms with van der Waals surface area (Å²) in [6.45, 7) is 1.88. The number of amides is 1. The number of carboxylic acid groups (broad SMARTS) is 1. The average molecular weight is 245 g/mol. The molecule has 0 fully saturated rings. The standard InChI is InChI=1S/C13H11NO4/c1-8-4-2-5-9-11(8)14(13(18)12(9)17)7-3-6-10(15)16/h2-6H,7H2,1H3,(H,15,16). The van der Waals surface area contributed by atoms with Gasteiger partial charge in [-0.1, -0.05) is 18.2 Å². The number of carbonyl (C=O) groups is 3. The molecule has 0 radical (unpaired) electrons. The van der Waals surface area contributed by atoms with Gasteiger partial charge in [-0.3, -0.25) is 9.59 Å². The third-order valence-corrected chi connectivity index (χ3v) is 2.74. The molecule has 0 atom stereocenters. The van der Waals surface area contributed by atoms with Gasteiger partial charge < -0.3 is 10.0 Å². The predicted octanol–water partition coefficient (Wildman–Crippen LogP) is 1.17. The van der Waals surface area contributed by atoms with Crippen molar-refractivity contribution in [1.82, 2.24) is 0 Å². The van der Waals surface area contributed by atoms with Crippen LogP contribution < -0.4 is 4.90 Å². The molecule has 1 N–H and O–H groups in total. The number of carbonyl (C=O) groups excluding carboxylic acids is 2. The van der Waals surface area contributed by atoms with Crippen molar-refractivity contribution in [1.29, 1.82) is 0 Å². The Morgan fingerprint density at radius 2 is 2.11 bits per heavy atom. The summed E-state index contributed by atoms with van der Waals surface area (Å²) in [6, 6.07) is 5.12. The fourth-order valence-electron chi connectivity index (χ4n) is 1.97. The van der Waals surface area contributed by atoms with Crippen molar-refractivity contribution in [3.63, 3.8) is 0 Å². The predicted molar refractivity (Wildman–Crippen MR) is 64.6 cm³/mol. The number of Topliss-reactive ketones (excluding diaryl/α,β-unsaturated/α-hetero) is 1. The number of nitrogens with zero attached hydrogens (tertiary/aromatic N) is 1. The average Bonchev–Trinajstić information content (AvgIpc) is 2.55. The summed E-state index contributed by atoms with van der Waals surface area (Å²) in [5.74, 6) is -2.25. The maximum Gasteiger partial charge on any atom is 0.328 e. The highest BCUT2D eigenvalue weighted by Gasteiger charge is 2.35. The van der Waals surface area contributed by atoms with Gasteiger partial charge in [-0.05, 0) is 18.6 Å². The number of rotatable bonds is 3. The Morgan fingerprint density at radius 3 is 2.78 bits per heavy atom. The third-order valence-electron chi connectivity index (χ3n) is 2.74. The molecule has 5 nitrogen and oxygen atoms in total. The Balaban J connectivity index is 2.36. The second kappa shape index (κ2) is 4.44. The number of anilines is 1. The van der Waals surface area contributed by atoms with Crippen molar-refractivity contribution in [2.24, 2.45) is 0 Å². The van der Waals surface area contributed by atoms with E-state index in [9.17, 15) is 14.4 Å². The number of aryl methyl sites for hydroxylation is 1. The van der Waals surface area contributed by atoms with E-state index in [1.54, 1.807) is 25.1 Å². The molecule has 0 aliphatic carbocycles. The smallest absolute Gasteiger partial charge is 0.328 e. The van der Waals surface area contributed by atoms with Crippen molar-refractivity contribution >= 4 is 23.3 Å². The zero-order valence-corrected chi connectivity index (χ0v) is 9.71. The van der Waals surface area contributed by atoms with E-state index in [1.165, 1.54) is 11.0 Å². The number of carboxylic acids is 1. The maximum atomic E-state index is 11.8. The SMILES string of the molecule is Cc1cccc2c1N(CC=CC(=O)O)C(=O)C2=O. The molecule has 92 valence electrons. The number of para-hydroxylation sites is 1. The van der Waals surface area contributed by atoms with Gasteiger partial charge in [0.2, 0.25) is 0 Å². The largest absolute Gasteiger partial charge is 0.478 e. The van der Waals surface area contributed by atoms with Crippen molar-refractivity contribution in [2.75, 3.05) is 11.4 Å². The first-order valence-corrected chi connectivity index (χ1v) is 5.37. The Hall–Kier alpha value is -2.43. The van der Waals surface area contributed by atoms with E-state index in [4.69, 9.17) is 5.11 Å². The third kappa shape index (κ3) is 1.90. The van der Waals surface area contributed by atoms with Crippen molar-refractivity contribution in [2.45, 2.75) is 6.92 Å². The lowest BCUT2D eigenvalue weighted by Crippen LogP contribution is -2.30. The van der Waals surface area contributed by atoms with Crippen LogP contribution in [0.2, 0.25) is 0 Å². The topological polar surface area (TPSA) is 74.7 Å². The van der Waals surface area contributed by atoms with Crippen molar-refractivity contribution in [3.05, 3.63) is 41.5 Å². The monoisotopic (exact) mass is 245 g/mol. The lowest BCUT2D eigenvalue weighted by Gasteiger charge is -2.15. The van der Waals surface area contributed by atoms with E-state index >= 15 is 0 Å². The van der Waals surface area contributed by atoms with Crippen LogP contribution in [0.25, 0.3) is 0 Å². The van der Waals surface area contributed by atoms with E-state index in [2.05, 4.69) is 0 Å². The molecule has 1 aliphatic heterocycles. The molecular weight excluding hydrogens is 234 g/mol. The van der Waals surface area contributed by atoms with Gasteiger partial charge in [0, 0.05) is 12.6 Å². The van der Waals surface area contributed by atoms with E-state index in [1.807, 2.05) is 0 Å². The van der Waals surface area contributed by atoms with Crippen molar-refractivity contribution < 1.29 is 19.5 Å². The van der Waals surface area contributed by atoms with E-state index < -0.39 is 17.7 Å². The number of ketones is 1. The Labute approximate surface area is 103 Å². The second-order valence-corrected chi connectivity index (χ2v) is 3.96. The van der Waals surface area contributed by atoms with E-state index in [0.717, 1.165) is 11.6 Å². The first-order chi connectivity index (χ1) is 8.52. The van der Waals surface area contributed by atoms with Crippen LogP contribution in [0.15, 0.2) is 30.4 Å². The lowest BCUT2D eigenvalue weighted by atomic mass is 10.1. The first-order valence-electron chi connectivity index (χ1n) is 5.37. The van der Waals surface area contributed by atoms with Crippen molar-refractivity contribution in [3.8, 4) is 0 Å². The zero-order valence-electron chi connectivity index (χ0n) is 9.71. The maximum absolute atomic E-state index is 11.8. The molecular formula is C13H11NO4. The van der Waals surface area contributed by atoms with E-state index in [-0.39, 0.29) is 6.54 Å². The fourth-order valence-corrected chi connectivity index (χ4v) is 1.97. The summed E-state index contributed by atoms with van der Waals surface area (Å²) in [4.78, 5) is 35.2. The molecule has 0 saturated heterocycles. The zero-order chi connectivity index (χ0) is 13.3. The molecule has 1 heterocycles. The fraction of sp³-hybridized carbons (Fsp3) is 0.154. The molecule has 0 unspecified atom stereocenters. The minimum atomic E-state index is -1.09. The van der Waals surface area contributed by atoms with Crippen LogP contribution in [0, 0.1) is 6.92 Å². The highest BCUT2D eigenvalue weighted by Crippen LogP contribution is 2.31. The van der Waals surface area contributed by atoms with Gasteiger partial charge in [-0.25, -0.2) is 4.79 Å². The van der Waals surface area contributed by atoms with Crippen LogP contribution in [-0.4, -0.2) is 29.3 Å². The van der Waals surface area contributed by atoms with Crippen LogP contribution in [0.1, 0.15) is 15.9 Å². The molecule has 18 heavy (non-hydrogen) atoms. The molecule has 0 bridgehead atoms. The van der Waals surface area contributed by atoms with E-state index in [0.29, 0.717) is 11.3 Å². The second-order valence-electron chi connectivity index (χ2n) is 3.96. The van der Waals surface area contributed by atoms with Crippen LogP contribution in [0.4, 0.5) is 5.69 Å². The summed E-state index contributed by atoms with van der Waals surface area (Å²) >= 11 is 0.